The van der Waals surface area contributed by atoms with Crippen LogP contribution in [0.15, 0.2) is 43.0 Å². The molecule has 102 valence electrons. The van der Waals surface area contributed by atoms with Crippen LogP contribution < -0.4 is 4.74 Å². The van der Waals surface area contributed by atoms with Gasteiger partial charge >= 0.3 is 0 Å². The first-order valence-corrected chi connectivity index (χ1v) is 6.40. The Balaban J connectivity index is 1.91. The molecule has 1 aromatic heterocycles. The van der Waals surface area contributed by atoms with Gasteiger partial charge in [-0.1, -0.05) is 12.1 Å². The zero-order valence-electron chi connectivity index (χ0n) is 11.4. The number of aliphatic hydroxyl groups is 1. The zero-order chi connectivity index (χ0) is 13.7. The Morgan fingerprint density at radius 2 is 2.05 bits per heavy atom. The van der Waals surface area contributed by atoms with Crippen molar-refractivity contribution in [3.8, 4) is 5.75 Å². The number of aromatic nitrogens is 2. The van der Waals surface area contributed by atoms with Crippen LogP contribution in [0.4, 0.5) is 0 Å². The lowest BCUT2D eigenvalue weighted by molar-refractivity contribution is 0.0467. The SMILES string of the molecule is COc1ccc(CC(C)(O)CCn2ccnc2)cc1. The fourth-order valence-electron chi connectivity index (χ4n) is 2.06. The van der Waals surface area contributed by atoms with Gasteiger partial charge in [-0.05, 0) is 31.0 Å². The molecule has 2 aromatic rings. The molecule has 1 heterocycles. The van der Waals surface area contributed by atoms with Crippen LogP contribution in [0.5, 0.6) is 5.75 Å². The predicted molar refractivity (Wildman–Crippen MR) is 74.2 cm³/mol. The van der Waals surface area contributed by atoms with Crippen LogP contribution >= 0.6 is 0 Å². The van der Waals surface area contributed by atoms with Crippen LogP contribution in [0.3, 0.4) is 0 Å². The van der Waals surface area contributed by atoms with Gasteiger partial charge in [-0.2, -0.15) is 0 Å². The fraction of sp³-hybridized carbons (Fsp3) is 0.400. The van der Waals surface area contributed by atoms with Crippen molar-refractivity contribution >= 4 is 0 Å². The highest BCUT2D eigenvalue weighted by atomic mass is 16.5. The van der Waals surface area contributed by atoms with Crippen LogP contribution in [0.1, 0.15) is 18.9 Å². The molecule has 0 aliphatic rings. The number of rotatable bonds is 6. The van der Waals surface area contributed by atoms with Gasteiger partial charge in [-0.25, -0.2) is 4.98 Å². The second-order valence-corrected chi connectivity index (χ2v) is 5.07. The molecular formula is C15H20N2O2. The molecule has 0 fully saturated rings. The van der Waals surface area contributed by atoms with Crippen LogP contribution in [-0.2, 0) is 13.0 Å². The highest BCUT2D eigenvalue weighted by Crippen LogP contribution is 2.20. The molecule has 2 rings (SSSR count). The van der Waals surface area contributed by atoms with Crippen molar-refractivity contribution in [1.29, 1.82) is 0 Å². The minimum absolute atomic E-state index is 0.631. The molecule has 0 aliphatic heterocycles. The number of nitrogens with zero attached hydrogens (tertiary/aromatic N) is 2. The Bertz CT molecular complexity index is 489. The monoisotopic (exact) mass is 260 g/mol. The number of ether oxygens (including phenoxy) is 1. The Kier molecular flexibility index (Phi) is 4.22. The number of benzene rings is 1. The summed E-state index contributed by atoms with van der Waals surface area (Å²) in [4.78, 5) is 3.99. The van der Waals surface area contributed by atoms with Crippen LogP contribution in [0, 0.1) is 0 Å². The van der Waals surface area contributed by atoms with Gasteiger partial charge in [0.25, 0.3) is 0 Å². The summed E-state index contributed by atoms with van der Waals surface area (Å²) in [5, 5.41) is 10.4. The van der Waals surface area contributed by atoms with Crippen molar-refractivity contribution in [3.05, 3.63) is 48.5 Å². The van der Waals surface area contributed by atoms with Gasteiger partial charge in [-0.3, -0.25) is 0 Å². The summed E-state index contributed by atoms with van der Waals surface area (Å²) < 4.78 is 7.10. The summed E-state index contributed by atoms with van der Waals surface area (Å²) in [6, 6.07) is 7.82. The maximum absolute atomic E-state index is 10.4. The normalized spacial score (nSPS) is 14.1. The van der Waals surface area contributed by atoms with Gasteiger partial charge in [0.05, 0.1) is 19.0 Å². The second-order valence-electron chi connectivity index (χ2n) is 5.07. The molecule has 0 aliphatic carbocycles. The molecule has 0 amide bonds. The number of imidazole rings is 1. The molecule has 0 saturated carbocycles. The Labute approximate surface area is 113 Å². The van der Waals surface area contributed by atoms with Crippen molar-refractivity contribution in [2.24, 2.45) is 0 Å². The molecule has 0 saturated heterocycles. The first kappa shape index (κ1) is 13.6. The zero-order valence-corrected chi connectivity index (χ0v) is 11.4. The molecule has 0 spiro atoms. The van der Waals surface area contributed by atoms with Gasteiger partial charge in [-0.15, -0.1) is 0 Å². The van der Waals surface area contributed by atoms with Gasteiger partial charge in [0.2, 0.25) is 0 Å². The van der Waals surface area contributed by atoms with Crippen molar-refractivity contribution < 1.29 is 9.84 Å². The summed E-state index contributed by atoms with van der Waals surface area (Å²) in [6.45, 7) is 2.64. The number of aryl methyl sites for hydroxylation is 1. The van der Waals surface area contributed by atoms with E-state index in [2.05, 4.69) is 4.98 Å². The average Bonchev–Trinajstić information content (AvgIpc) is 2.90. The van der Waals surface area contributed by atoms with Crippen molar-refractivity contribution in [1.82, 2.24) is 9.55 Å². The summed E-state index contributed by atoms with van der Waals surface area (Å²) in [7, 11) is 1.65. The number of hydrogen-bond donors (Lipinski definition) is 1. The molecule has 0 radical (unpaired) electrons. The topological polar surface area (TPSA) is 47.3 Å². The Morgan fingerprint density at radius 3 is 2.63 bits per heavy atom. The number of hydrogen-bond acceptors (Lipinski definition) is 3. The van der Waals surface area contributed by atoms with Crippen molar-refractivity contribution in [2.45, 2.75) is 31.9 Å². The third-order valence-corrected chi connectivity index (χ3v) is 3.21. The molecule has 19 heavy (non-hydrogen) atoms. The summed E-state index contributed by atoms with van der Waals surface area (Å²) >= 11 is 0. The average molecular weight is 260 g/mol. The van der Waals surface area contributed by atoms with Crippen LogP contribution in [0.25, 0.3) is 0 Å². The quantitative estimate of drug-likeness (QED) is 0.866. The maximum Gasteiger partial charge on any atom is 0.118 e. The molecule has 1 unspecified atom stereocenters. The molecule has 1 N–H and O–H groups in total. The van der Waals surface area contributed by atoms with Crippen molar-refractivity contribution in [2.75, 3.05) is 7.11 Å². The summed E-state index contributed by atoms with van der Waals surface area (Å²) in [5.74, 6) is 0.835. The summed E-state index contributed by atoms with van der Waals surface area (Å²) in [5.41, 5.74) is 0.384. The van der Waals surface area contributed by atoms with E-state index in [-0.39, 0.29) is 0 Å². The smallest absolute Gasteiger partial charge is 0.118 e. The van der Waals surface area contributed by atoms with Crippen molar-refractivity contribution in [3.63, 3.8) is 0 Å². The molecule has 1 aromatic carbocycles. The minimum Gasteiger partial charge on any atom is -0.497 e. The van der Waals surface area contributed by atoms with E-state index in [0.29, 0.717) is 12.8 Å². The standard InChI is InChI=1S/C15H20N2O2/c1-15(18,7-9-17-10-8-16-12-17)11-13-3-5-14(19-2)6-4-13/h3-6,8,10,12,18H,7,9,11H2,1-2H3. The summed E-state index contributed by atoms with van der Waals surface area (Å²) in [6.07, 6.45) is 6.74. The van der Waals surface area contributed by atoms with Gasteiger partial charge < -0.3 is 14.4 Å². The fourth-order valence-corrected chi connectivity index (χ4v) is 2.06. The van der Waals surface area contributed by atoms with E-state index in [1.807, 2.05) is 42.0 Å². The molecule has 4 nitrogen and oxygen atoms in total. The van der Waals surface area contributed by atoms with Gasteiger partial charge in [0, 0.05) is 25.4 Å². The van der Waals surface area contributed by atoms with Crippen LogP contribution in [0.2, 0.25) is 0 Å². The predicted octanol–water partition coefficient (Wildman–Crippen LogP) is 2.28. The molecule has 1 atom stereocenters. The lowest BCUT2D eigenvalue weighted by Crippen LogP contribution is -2.28. The third kappa shape index (κ3) is 4.10. The van der Waals surface area contributed by atoms with Gasteiger partial charge in [0.15, 0.2) is 0 Å². The highest BCUT2D eigenvalue weighted by molar-refractivity contribution is 5.27. The minimum atomic E-state index is -0.723. The van der Waals surface area contributed by atoms with Crippen LogP contribution in [-0.4, -0.2) is 27.4 Å². The van der Waals surface area contributed by atoms with Gasteiger partial charge in [0.1, 0.15) is 5.75 Å². The van der Waals surface area contributed by atoms with E-state index in [1.165, 1.54) is 0 Å². The van der Waals surface area contributed by atoms with E-state index in [9.17, 15) is 5.11 Å². The Hall–Kier alpha value is -1.81. The highest BCUT2D eigenvalue weighted by Gasteiger charge is 2.20. The third-order valence-electron chi connectivity index (χ3n) is 3.21. The largest absolute Gasteiger partial charge is 0.497 e. The number of methoxy groups -OCH3 is 1. The van der Waals surface area contributed by atoms with E-state index in [1.54, 1.807) is 19.6 Å². The molecular weight excluding hydrogens is 240 g/mol. The molecule has 0 bridgehead atoms. The lowest BCUT2D eigenvalue weighted by Gasteiger charge is -2.23. The first-order valence-electron chi connectivity index (χ1n) is 6.40. The lowest BCUT2D eigenvalue weighted by atomic mass is 9.93. The van der Waals surface area contributed by atoms with E-state index < -0.39 is 5.60 Å². The Morgan fingerprint density at radius 1 is 1.32 bits per heavy atom. The second kappa shape index (κ2) is 5.89. The first-order chi connectivity index (χ1) is 9.09. The van der Waals surface area contributed by atoms with E-state index in [4.69, 9.17) is 4.74 Å². The molecule has 4 heteroatoms. The van der Waals surface area contributed by atoms with E-state index >= 15 is 0 Å². The van der Waals surface area contributed by atoms with E-state index in [0.717, 1.165) is 17.9 Å². The maximum atomic E-state index is 10.4.